The fraction of sp³-hybridized carbons (Fsp3) is 0.0833. The molecule has 1 amide bonds. The van der Waals surface area contributed by atoms with E-state index in [2.05, 4.69) is 26.2 Å². The minimum absolute atomic E-state index is 0.221. The Balaban J connectivity index is 2.30. The smallest absolute Gasteiger partial charge is 0.267 e. The summed E-state index contributed by atoms with van der Waals surface area (Å²) >= 11 is 9.65. The van der Waals surface area contributed by atoms with E-state index in [0.29, 0.717) is 16.1 Å². The maximum absolute atomic E-state index is 12.1. The van der Waals surface area contributed by atoms with Crippen LogP contribution < -0.4 is 11.1 Å². The highest BCUT2D eigenvalue weighted by molar-refractivity contribution is 9.10. The molecule has 0 atom stereocenters. The Bertz CT molecular complexity index is 654. The van der Waals surface area contributed by atoms with Gasteiger partial charge in [-0.3, -0.25) is 4.79 Å². The quantitative estimate of drug-likeness (QED) is 0.830. The zero-order chi connectivity index (χ0) is 14.0. The number of benzene rings is 1. The third kappa shape index (κ3) is 3.37. The first kappa shape index (κ1) is 14.1. The van der Waals surface area contributed by atoms with Crippen LogP contribution in [0.3, 0.4) is 0 Å². The number of nitrogens with one attached hydrogen (secondary N) is 1. The van der Waals surface area contributed by atoms with Gasteiger partial charge in [0.1, 0.15) is 9.87 Å². The Morgan fingerprint density at radius 1 is 1.53 bits per heavy atom. The fourth-order valence-electron chi connectivity index (χ4n) is 1.49. The zero-order valence-corrected chi connectivity index (χ0v) is 13.2. The topological polar surface area (TPSA) is 68.0 Å². The molecule has 2 rings (SSSR count). The monoisotopic (exact) mass is 355 g/mol. The van der Waals surface area contributed by atoms with Crippen molar-refractivity contribution in [2.45, 2.75) is 6.92 Å². The maximum atomic E-state index is 12.1. The van der Waals surface area contributed by atoms with Gasteiger partial charge < -0.3 is 11.1 Å². The van der Waals surface area contributed by atoms with Crippen LogP contribution in [0.25, 0.3) is 0 Å². The second-order valence-corrected chi connectivity index (χ2v) is 6.34. The lowest BCUT2D eigenvalue weighted by Gasteiger charge is -2.09. The van der Waals surface area contributed by atoms with Crippen molar-refractivity contribution >= 4 is 56.1 Å². The minimum Gasteiger partial charge on any atom is -0.389 e. The molecule has 2 aromatic rings. The molecule has 0 aliphatic heterocycles. The number of hydrogen-bond donors (Lipinski definition) is 2. The molecule has 1 aromatic heterocycles. The summed E-state index contributed by atoms with van der Waals surface area (Å²) in [4.78, 5) is 16.9. The highest BCUT2D eigenvalue weighted by Gasteiger charge is 2.13. The maximum Gasteiger partial charge on any atom is 0.267 e. The van der Waals surface area contributed by atoms with Gasteiger partial charge in [0.2, 0.25) is 0 Å². The molecular weight excluding hydrogens is 346 g/mol. The molecule has 0 bridgehead atoms. The lowest BCUT2D eigenvalue weighted by atomic mass is 10.2. The van der Waals surface area contributed by atoms with Crippen molar-refractivity contribution in [3.05, 3.63) is 44.3 Å². The third-order valence-corrected chi connectivity index (χ3v) is 3.97. The standard InChI is InChI=1S/C12H10BrN3OS2/c1-6-15-5-10(19-6)12(17)16-9-4-7(13)2-3-8(9)11(14)18/h2-5H,1H3,(H2,14,18)(H,16,17). The summed E-state index contributed by atoms with van der Waals surface area (Å²) in [5.41, 5.74) is 6.85. The number of amides is 1. The predicted molar refractivity (Wildman–Crippen MR) is 84.8 cm³/mol. The molecule has 0 saturated carbocycles. The summed E-state index contributed by atoms with van der Waals surface area (Å²) in [6, 6.07) is 5.35. The van der Waals surface area contributed by atoms with Gasteiger partial charge in [-0.2, -0.15) is 0 Å². The summed E-state index contributed by atoms with van der Waals surface area (Å²) in [6.45, 7) is 1.85. The van der Waals surface area contributed by atoms with Crippen molar-refractivity contribution in [3.8, 4) is 0 Å². The summed E-state index contributed by atoms with van der Waals surface area (Å²) < 4.78 is 0.836. The number of nitrogens with two attached hydrogens (primary N) is 1. The lowest BCUT2D eigenvalue weighted by Crippen LogP contribution is -2.17. The molecule has 19 heavy (non-hydrogen) atoms. The Labute approximate surface area is 128 Å². The van der Waals surface area contributed by atoms with Gasteiger partial charge in [0.15, 0.2) is 0 Å². The molecule has 0 fully saturated rings. The van der Waals surface area contributed by atoms with Crippen molar-refractivity contribution < 1.29 is 4.79 Å². The average molecular weight is 356 g/mol. The first-order valence-corrected chi connectivity index (χ1v) is 7.32. The molecule has 1 aromatic carbocycles. The highest BCUT2D eigenvalue weighted by atomic mass is 79.9. The largest absolute Gasteiger partial charge is 0.389 e. The summed E-state index contributed by atoms with van der Waals surface area (Å²) in [7, 11) is 0. The number of nitrogens with zero attached hydrogens (tertiary/aromatic N) is 1. The Morgan fingerprint density at radius 3 is 2.84 bits per heavy atom. The van der Waals surface area contributed by atoms with E-state index >= 15 is 0 Å². The van der Waals surface area contributed by atoms with Crippen molar-refractivity contribution in [1.29, 1.82) is 0 Å². The van der Waals surface area contributed by atoms with Gasteiger partial charge in [-0.25, -0.2) is 4.98 Å². The first-order valence-electron chi connectivity index (χ1n) is 5.30. The normalized spacial score (nSPS) is 10.2. The van der Waals surface area contributed by atoms with E-state index in [4.69, 9.17) is 18.0 Å². The van der Waals surface area contributed by atoms with E-state index in [1.807, 2.05) is 13.0 Å². The fourth-order valence-corrected chi connectivity index (χ4v) is 2.70. The molecule has 0 aliphatic carbocycles. The molecule has 1 heterocycles. The van der Waals surface area contributed by atoms with Gasteiger partial charge in [-0.1, -0.05) is 28.1 Å². The molecule has 0 radical (unpaired) electrons. The van der Waals surface area contributed by atoms with Gasteiger partial charge in [-0.05, 0) is 25.1 Å². The molecule has 0 aliphatic rings. The summed E-state index contributed by atoms with van der Waals surface area (Å²) in [6.07, 6.45) is 1.55. The van der Waals surface area contributed by atoms with E-state index < -0.39 is 0 Å². The zero-order valence-electron chi connectivity index (χ0n) is 9.94. The van der Waals surface area contributed by atoms with Gasteiger partial charge in [0.05, 0.1) is 16.9 Å². The predicted octanol–water partition coefficient (Wildman–Crippen LogP) is 3.10. The molecular formula is C12H10BrN3OS2. The van der Waals surface area contributed by atoms with Crippen LogP contribution in [0.1, 0.15) is 20.2 Å². The molecule has 0 spiro atoms. The number of aryl methyl sites for hydroxylation is 1. The SMILES string of the molecule is Cc1ncc(C(=O)Nc2cc(Br)ccc2C(N)=S)s1. The van der Waals surface area contributed by atoms with E-state index in [9.17, 15) is 4.79 Å². The Kier molecular flexibility index (Phi) is 4.28. The number of rotatable bonds is 3. The van der Waals surface area contributed by atoms with Gasteiger partial charge in [-0.15, -0.1) is 11.3 Å². The van der Waals surface area contributed by atoms with E-state index in [0.717, 1.165) is 9.48 Å². The van der Waals surface area contributed by atoms with Crippen molar-refractivity contribution in [3.63, 3.8) is 0 Å². The number of carbonyl (C=O) groups excluding carboxylic acids is 1. The van der Waals surface area contributed by atoms with Crippen LogP contribution in [-0.4, -0.2) is 15.9 Å². The van der Waals surface area contributed by atoms with Crippen LogP contribution in [0.2, 0.25) is 0 Å². The number of carbonyl (C=O) groups is 1. The molecule has 0 saturated heterocycles. The van der Waals surface area contributed by atoms with E-state index in [1.54, 1.807) is 18.3 Å². The second kappa shape index (κ2) is 5.77. The van der Waals surface area contributed by atoms with E-state index in [-0.39, 0.29) is 10.9 Å². The molecule has 98 valence electrons. The molecule has 3 N–H and O–H groups in total. The van der Waals surface area contributed by atoms with E-state index in [1.165, 1.54) is 11.3 Å². The van der Waals surface area contributed by atoms with Gasteiger partial charge in [0, 0.05) is 10.0 Å². The van der Waals surface area contributed by atoms with Crippen LogP contribution in [0.5, 0.6) is 0 Å². The number of hydrogen-bond acceptors (Lipinski definition) is 4. The molecule has 7 heteroatoms. The van der Waals surface area contributed by atoms with Crippen molar-refractivity contribution in [2.75, 3.05) is 5.32 Å². The van der Waals surface area contributed by atoms with Gasteiger partial charge in [0.25, 0.3) is 5.91 Å². The van der Waals surface area contributed by atoms with Crippen molar-refractivity contribution in [2.24, 2.45) is 5.73 Å². The number of halogens is 1. The Hall–Kier alpha value is -1.31. The average Bonchev–Trinajstić information content (AvgIpc) is 2.75. The second-order valence-electron chi connectivity index (χ2n) is 3.75. The van der Waals surface area contributed by atoms with Crippen LogP contribution >= 0.6 is 39.5 Å². The summed E-state index contributed by atoms with van der Waals surface area (Å²) in [5, 5.41) is 3.64. The number of anilines is 1. The number of thiocarbonyl (C=S) groups is 1. The lowest BCUT2D eigenvalue weighted by molar-refractivity contribution is 0.103. The van der Waals surface area contributed by atoms with Crippen LogP contribution in [-0.2, 0) is 0 Å². The highest BCUT2D eigenvalue weighted by Crippen LogP contribution is 2.23. The molecule has 4 nitrogen and oxygen atoms in total. The Morgan fingerprint density at radius 2 is 2.26 bits per heavy atom. The number of thiazole rings is 1. The van der Waals surface area contributed by atoms with Gasteiger partial charge >= 0.3 is 0 Å². The summed E-state index contributed by atoms with van der Waals surface area (Å²) in [5.74, 6) is -0.221. The van der Waals surface area contributed by atoms with Crippen LogP contribution in [0, 0.1) is 6.92 Å². The molecule has 0 unspecified atom stereocenters. The van der Waals surface area contributed by atoms with Crippen LogP contribution in [0.4, 0.5) is 5.69 Å². The first-order chi connectivity index (χ1) is 8.97. The van der Waals surface area contributed by atoms with Crippen molar-refractivity contribution in [1.82, 2.24) is 4.98 Å². The third-order valence-electron chi connectivity index (χ3n) is 2.34. The minimum atomic E-state index is -0.221. The van der Waals surface area contributed by atoms with Crippen LogP contribution in [0.15, 0.2) is 28.9 Å². The number of aromatic nitrogens is 1.